The number of phenols is 2. The number of aromatic nitrogens is 5. The summed E-state index contributed by atoms with van der Waals surface area (Å²) in [6, 6.07) is 9.19. The van der Waals surface area contributed by atoms with E-state index in [1.807, 2.05) is 18.7 Å². The Balaban J connectivity index is 0.804. The van der Waals surface area contributed by atoms with E-state index in [1.54, 1.807) is 23.4 Å². The number of fused-ring (bicyclic) bond motifs is 1. The lowest BCUT2D eigenvalue weighted by Gasteiger charge is -2.35. The highest BCUT2D eigenvalue weighted by Crippen LogP contribution is 2.35. The number of phenolic OH excluding ortho intramolecular Hbond substituents is 2. The van der Waals surface area contributed by atoms with Crippen molar-refractivity contribution in [3.63, 3.8) is 0 Å². The van der Waals surface area contributed by atoms with E-state index in [9.17, 15) is 19.8 Å². The number of benzene rings is 2. The molecule has 4 aliphatic heterocycles. The van der Waals surface area contributed by atoms with Gasteiger partial charge in [0, 0.05) is 96.4 Å². The zero-order valence-corrected chi connectivity index (χ0v) is 39.3. The molecule has 4 N–H and O–H groups in total. The topological polar surface area (TPSA) is 227 Å². The molecule has 2 aromatic heterocycles. The Kier molecular flexibility index (Phi) is 16.8. The van der Waals surface area contributed by atoms with E-state index in [0.29, 0.717) is 180 Å². The number of carbonyl (C=O) groups excluding carboxylic acids is 2. The maximum absolute atomic E-state index is 14.0. The minimum absolute atomic E-state index is 0.00443. The van der Waals surface area contributed by atoms with Crippen LogP contribution in [0.15, 0.2) is 42.7 Å². The zero-order chi connectivity index (χ0) is 47.4. The molecule has 0 aliphatic carbocycles. The predicted molar refractivity (Wildman–Crippen MR) is 252 cm³/mol. The summed E-state index contributed by atoms with van der Waals surface area (Å²) < 4.78 is 29.5. The van der Waals surface area contributed by atoms with E-state index in [0.717, 1.165) is 16.7 Å². The van der Waals surface area contributed by atoms with Crippen LogP contribution in [0.4, 0.5) is 17.8 Å². The third-order valence-corrected chi connectivity index (χ3v) is 12.8. The Hall–Kier alpha value is -5.77. The lowest BCUT2D eigenvalue weighted by Crippen LogP contribution is -2.45. The van der Waals surface area contributed by atoms with Crippen molar-refractivity contribution in [2.24, 2.45) is 5.92 Å². The van der Waals surface area contributed by atoms with E-state index in [-0.39, 0.29) is 46.7 Å². The van der Waals surface area contributed by atoms with Gasteiger partial charge in [-0.25, -0.2) is 9.97 Å². The fourth-order valence-electron chi connectivity index (χ4n) is 8.90. The minimum Gasteiger partial charge on any atom is -0.508 e. The summed E-state index contributed by atoms with van der Waals surface area (Å²) in [5.74, 6) is 1.16. The number of morpholine rings is 1. The number of hydrogen-bond donors (Lipinski definition) is 3. The molecule has 0 radical (unpaired) electrons. The summed E-state index contributed by atoms with van der Waals surface area (Å²) in [4.78, 5) is 60.4. The van der Waals surface area contributed by atoms with Crippen LogP contribution in [0, 0.1) is 5.92 Å². The molecule has 0 spiro atoms. The molecule has 20 heteroatoms. The quantitative estimate of drug-likeness (QED) is 0.231. The highest BCUT2D eigenvalue weighted by molar-refractivity contribution is 5.97. The van der Waals surface area contributed by atoms with Crippen molar-refractivity contribution in [3.05, 3.63) is 70.5 Å². The number of rotatable bonds is 8. The third kappa shape index (κ3) is 12.7. The Morgan fingerprint density at radius 2 is 1.22 bits per heavy atom. The molecule has 2 amide bonds. The van der Waals surface area contributed by atoms with Crippen molar-refractivity contribution < 1.29 is 43.5 Å². The maximum Gasteiger partial charge on any atom is 0.258 e. The average Bonchev–Trinajstić information content (AvgIpc) is 3.78. The van der Waals surface area contributed by atoms with Gasteiger partial charge < -0.3 is 59.2 Å². The SMILES string of the molecule is CC(C)c1cc(C(=O)N2Cc3ccc(CN4CCOCCOCCN(C(=O)C5CCN(c6nc(-c7cnc(N)nc7)nc(N7CCOCC7)n6)CC5)CCOCCOCC4)cc3C2)c(O)cc1O. The van der Waals surface area contributed by atoms with Gasteiger partial charge in [0.15, 0.2) is 5.82 Å². The molecule has 68 heavy (non-hydrogen) atoms. The van der Waals surface area contributed by atoms with Crippen LogP contribution in [-0.4, -0.2) is 180 Å². The average molecular weight is 940 g/mol. The van der Waals surface area contributed by atoms with Crippen LogP contribution in [0.2, 0.25) is 0 Å². The van der Waals surface area contributed by atoms with Gasteiger partial charge in [-0.1, -0.05) is 32.0 Å². The van der Waals surface area contributed by atoms with Crippen molar-refractivity contribution in [2.45, 2.75) is 52.2 Å². The van der Waals surface area contributed by atoms with Gasteiger partial charge in [-0.05, 0) is 47.1 Å². The summed E-state index contributed by atoms with van der Waals surface area (Å²) in [5.41, 5.74) is 10.5. The highest BCUT2D eigenvalue weighted by atomic mass is 16.5. The molecule has 0 unspecified atom stereocenters. The number of amides is 2. The van der Waals surface area contributed by atoms with Gasteiger partial charge >= 0.3 is 0 Å². The van der Waals surface area contributed by atoms with Crippen LogP contribution in [0.5, 0.6) is 11.5 Å². The van der Waals surface area contributed by atoms with Gasteiger partial charge in [0.05, 0.1) is 77.2 Å². The first kappa shape index (κ1) is 48.7. The lowest BCUT2D eigenvalue weighted by atomic mass is 9.95. The molecule has 3 fully saturated rings. The molecule has 4 aromatic rings. The smallest absolute Gasteiger partial charge is 0.258 e. The van der Waals surface area contributed by atoms with Gasteiger partial charge in [-0.3, -0.25) is 14.5 Å². The lowest BCUT2D eigenvalue weighted by molar-refractivity contribution is -0.138. The first-order valence-electron chi connectivity index (χ1n) is 23.8. The van der Waals surface area contributed by atoms with Crippen molar-refractivity contribution in [2.75, 3.05) is 134 Å². The number of nitrogens with zero attached hydrogens (tertiary/aromatic N) is 10. The first-order valence-corrected chi connectivity index (χ1v) is 23.8. The summed E-state index contributed by atoms with van der Waals surface area (Å²) >= 11 is 0. The fourth-order valence-corrected chi connectivity index (χ4v) is 8.90. The summed E-state index contributed by atoms with van der Waals surface area (Å²) in [6.45, 7) is 14.9. The molecule has 8 rings (SSSR count). The van der Waals surface area contributed by atoms with E-state index in [1.165, 1.54) is 6.07 Å². The van der Waals surface area contributed by atoms with E-state index in [2.05, 4.69) is 42.9 Å². The van der Waals surface area contributed by atoms with Crippen molar-refractivity contribution >= 4 is 29.7 Å². The monoisotopic (exact) mass is 939 g/mol. The van der Waals surface area contributed by atoms with Crippen molar-refractivity contribution in [1.82, 2.24) is 39.6 Å². The van der Waals surface area contributed by atoms with Crippen LogP contribution >= 0.6 is 0 Å². The molecule has 366 valence electrons. The van der Waals surface area contributed by atoms with Crippen LogP contribution in [0.3, 0.4) is 0 Å². The van der Waals surface area contributed by atoms with Crippen molar-refractivity contribution in [3.8, 4) is 22.9 Å². The summed E-state index contributed by atoms with van der Waals surface area (Å²) in [7, 11) is 0. The normalized spacial score (nSPS) is 19.2. The number of nitrogen functional groups attached to an aromatic ring is 1. The number of aromatic hydroxyl groups is 2. The number of ether oxygens (including phenoxy) is 5. The number of nitrogens with two attached hydrogens (primary N) is 1. The molecule has 0 saturated carbocycles. The van der Waals surface area contributed by atoms with Gasteiger partial charge in [0.25, 0.3) is 5.91 Å². The van der Waals surface area contributed by atoms with Gasteiger partial charge in [0.2, 0.25) is 23.8 Å². The Morgan fingerprint density at radius 1 is 0.662 bits per heavy atom. The minimum atomic E-state index is -0.269. The van der Waals surface area contributed by atoms with Gasteiger partial charge in [0.1, 0.15) is 11.5 Å². The Bertz CT molecular complexity index is 2290. The van der Waals surface area contributed by atoms with E-state index in [4.69, 9.17) is 44.4 Å². The molecular formula is C48H65N11O9. The third-order valence-electron chi connectivity index (χ3n) is 12.8. The largest absolute Gasteiger partial charge is 0.508 e. The number of carbonyl (C=O) groups is 2. The van der Waals surface area contributed by atoms with Crippen molar-refractivity contribution in [1.29, 1.82) is 0 Å². The fraction of sp³-hybridized carbons (Fsp3) is 0.562. The second-order valence-electron chi connectivity index (χ2n) is 17.8. The molecule has 4 aliphatic rings. The second kappa shape index (κ2) is 23.5. The van der Waals surface area contributed by atoms with E-state index < -0.39 is 0 Å². The highest BCUT2D eigenvalue weighted by Gasteiger charge is 2.31. The standard InChI is InChI=1S/C48H65N11O9/c1-33(2)39-26-40(42(61)27-41(39)60)45(63)59-31-36-4-3-34(25-37(36)32-59)30-55-9-15-65-21-23-67-17-11-56(12-18-68-24-22-66-16-10-55)44(62)35-5-7-57(8-6-35)47-52-43(38-28-50-46(49)51-29-38)53-48(54-47)58-13-19-64-20-14-58/h3-4,25-29,33,35,60-61H,5-24,30-32H2,1-2H3,(H2,49,50,51). The zero-order valence-electron chi connectivity index (χ0n) is 39.3. The molecule has 0 atom stereocenters. The van der Waals surface area contributed by atoms with Gasteiger partial charge in [-0.15, -0.1) is 0 Å². The number of piperidine rings is 1. The summed E-state index contributed by atoms with van der Waals surface area (Å²) in [6.07, 6.45) is 4.52. The van der Waals surface area contributed by atoms with Crippen LogP contribution in [0.25, 0.3) is 11.4 Å². The maximum atomic E-state index is 14.0. The molecular weight excluding hydrogens is 875 g/mol. The Labute approximate surface area is 397 Å². The Morgan fingerprint density at radius 3 is 1.84 bits per heavy atom. The van der Waals surface area contributed by atoms with Crippen LogP contribution in [0.1, 0.15) is 65.2 Å². The molecule has 2 aromatic carbocycles. The van der Waals surface area contributed by atoms with Crippen LogP contribution < -0.4 is 15.5 Å². The van der Waals surface area contributed by atoms with Gasteiger partial charge in [-0.2, -0.15) is 15.0 Å². The summed E-state index contributed by atoms with van der Waals surface area (Å²) in [5, 5.41) is 20.9. The van der Waals surface area contributed by atoms with Crippen LogP contribution in [-0.2, 0) is 48.1 Å². The second-order valence-corrected chi connectivity index (χ2v) is 17.8. The molecule has 6 heterocycles. The molecule has 0 bridgehead atoms. The number of hydrogen-bond acceptors (Lipinski definition) is 18. The first-order chi connectivity index (χ1) is 33.1. The van der Waals surface area contributed by atoms with E-state index >= 15 is 0 Å². The predicted octanol–water partition coefficient (Wildman–Crippen LogP) is 3.07. The number of anilines is 3. The molecule has 20 nitrogen and oxygen atoms in total. The molecule has 3 saturated heterocycles.